The van der Waals surface area contributed by atoms with Gasteiger partial charge in [0.25, 0.3) is 0 Å². The first-order valence-corrected chi connectivity index (χ1v) is 6.23. The molecule has 1 saturated heterocycles. The summed E-state index contributed by atoms with van der Waals surface area (Å²) in [5.41, 5.74) is 1.40. The van der Waals surface area contributed by atoms with Crippen LogP contribution in [-0.2, 0) is 0 Å². The molecule has 82 valence electrons. The van der Waals surface area contributed by atoms with Crippen LogP contribution in [0.2, 0.25) is 0 Å². The third kappa shape index (κ3) is 2.98. The van der Waals surface area contributed by atoms with Crippen LogP contribution >= 0.6 is 0 Å². The van der Waals surface area contributed by atoms with Gasteiger partial charge < -0.3 is 4.90 Å². The lowest BCUT2D eigenvalue weighted by Crippen LogP contribution is -1.98. The summed E-state index contributed by atoms with van der Waals surface area (Å²) in [5.74, 6) is 0. The van der Waals surface area contributed by atoms with E-state index in [0.29, 0.717) is 0 Å². The Balaban J connectivity index is 1.68. The van der Waals surface area contributed by atoms with Crippen molar-refractivity contribution in [2.24, 2.45) is 0 Å². The molecule has 0 bridgehead atoms. The van der Waals surface area contributed by atoms with Gasteiger partial charge in [0.2, 0.25) is 0 Å². The molecule has 15 heavy (non-hydrogen) atoms. The minimum absolute atomic E-state index is 0.837. The number of anilines is 1. The fourth-order valence-electron chi connectivity index (χ4n) is 2.17. The van der Waals surface area contributed by atoms with Crippen LogP contribution in [0.5, 0.6) is 0 Å². The van der Waals surface area contributed by atoms with Crippen LogP contribution in [0.4, 0.5) is 5.69 Å². The van der Waals surface area contributed by atoms with E-state index in [0.717, 1.165) is 6.04 Å². The smallest absolute Gasteiger partial charge is 0.0466 e. The predicted molar refractivity (Wildman–Crippen MR) is 66.3 cm³/mol. The van der Waals surface area contributed by atoms with Crippen LogP contribution in [0.1, 0.15) is 39.0 Å². The average Bonchev–Trinajstić information content (AvgIpc) is 3.05. The van der Waals surface area contributed by atoms with Crippen molar-refractivity contribution in [1.82, 2.24) is 0 Å². The SMILES string of the molecule is CCCCCC[C@H]1CN1c1ccccc1. The topological polar surface area (TPSA) is 3.01 Å². The molecule has 0 amide bonds. The minimum Gasteiger partial charge on any atom is -0.365 e. The van der Waals surface area contributed by atoms with E-state index in [9.17, 15) is 0 Å². The number of unbranched alkanes of at least 4 members (excludes halogenated alkanes) is 3. The van der Waals surface area contributed by atoms with Crippen molar-refractivity contribution in [2.45, 2.75) is 45.1 Å². The van der Waals surface area contributed by atoms with Gasteiger partial charge in [-0.1, -0.05) is 50.8 Å². The highest BCUT2D eigenvalue weighted by Crippen LogP contribution is 2.30. The van der Waals surface area contributed by atoms with Gasteiger partial charge in [-0.3, -0.25) is 0 Å². The van der Waals surface area contributed by atoms with Crippen LogP contribution in [0.25, 0.3) is 0 Å². The van der Waals surface area contributed by atoms with Crippen molar-refractivity contribution in [3.63, 3.8) is 0 Å². The molecule has 0 N–H and O–H groups in total. The Hall–Kier alpha value is -0.980. The lowest BCUT2D eigenvalue weighted by Gasteiger charge is -2.04. The molecule has 1 nitrogen and oxygen atoms in total. The fourth-order valence-corrected chi connectivity index (χ4v) is 2.17. The van der Waals surface area contributed by atoms with Gasteiger partial charge in [0.1, 0.15) is 0 Å². The lowest BCUT2D eigenvalue weighted by molar-refractivity contribution is 0.632. The molecule has 0 radical (unpaired) electrons. The van der Waals surface area contributed by atoms with Crippen LogP contribution in [0, 0.1) is 0 Å². The molecular formula is C14H21N. The van der Waals surface area contributed by atoms with E-state index in [2.05, 4.69) is 42.2 Å². The Morgan fingerprint density at radius 3 is 2.67 bits per heavy atom. The minimum atomic E-state index is 0.837. The molecule has 1 aromatic carbocycles. The molecule has 0 spiro atoms. The maximum absolute atomic E-state index is 2.51. The van der Waals surface area contributed by atoms with Gasteiger partial charge in [0.15, 0.2) is 0 Å². The molecule has 1 aliphatic heterocycles. The van der Waals surface area contributed by atoms with E-state index in [1.54, 1.807) is 0 Å². The molecule has 1 fully saturated rings. The first-order valence-electron chi connectivity index (χ1n) is 6.23. The second-order valence-electron chi connectivity index (χ2n) is 4.49. The van der Waals surface area contributed by atoms with Crippen molar-refractivity contribution in [3.8, 4) is 0 Å². The molecule has 0 saturated carbocycles. The highest BCUT2D eigenvalue weighted by molar-refractivity contribution is 5.53. The van der Waals surface area contributed by atoms with Crippen LogP contribution in [0.3, 0.4) is 0 Å². The van der Waals surface area contributed by atoms with E-state index in [1.165, 1.54) is 44.3 Å². The van der Waals surface area contributed by atoms with E-state index in [1.807, 2.05) is 0 Å². The molecule has 0 aliphatic carbocycles. The summed E-state index contributed by atoms with van der Waals surface area (Å²) in [5, 5.41) is 0. The number of hydrogen-bond donors (Lipinski definition) is 0. The fraction of sp³-hybridized carbons (Fsp3) is 0.571. The van der Waals surface area contributed by atoms with Crippen molar-refractivity contribution in [1.29, 1.82) is 0 Å². The third-order valence-electron chi connectivity index (χ3n) is 3.19. The third-order valence-corrected chi connectivity index (χ3v) is 3.19. The monoisotopic (exact) mass is 203 g/mol. The van der Waals surface area contributed by atoms with Crippen LogP contribution in [-0.4, -0.2) is 12.6 Å². The summed E-state index contributed by atoms with van der Waals surface area (Å²) in [6, 6.07) is 11.6. The summed E-state index contributed by atoms with van der Waals surface area (Å²) in [4.78, 5) is 2.51. The molecule has 0 unspecified atom stereocenters. The maximum atomic E-state index is 2.51. The van der Waals surface area contributed by atoms with Crippen LogP contribution < -0.4 is 4.90 Å². The van der Waals surface area contributed by atoms with Gasteiger partial charge in [0, 0.05) is 18.3 Å². The average molecular weight is 203 g/mol. The summed E-state index contributed by atoms with van der Waals surface area (Å²) < 4.78 is 0. The van der Waals surface area contributed by atoms with Gasteiger partial charge in [-0.2, -0.15) is 0 Å². The van der Waals surface area contributed by atoms with E-state index >= 15 is 0 Å². The Bertz CT molecular complexity index is 281. The summed E-state index contributed by atoms with van der Waals surface area (Å²) in [7, 11) is 0. The van der Waals surface area contributed by atoms with Crippen LogP contribution in [0.15, 0.2) is 30.3 Å². The largest absolute Gasteiger partial charge is 0.365 e. The molecule has 1 heteroatoms. The number of benzene rings is 1. The Kier molecular flexibility index (Phi) is 3.65. The molecule has 0 aromatic heterocycles. The molecular weight excluding hydrogens is 182 g/mol. The number of para-hydroxylation sites is 1. The lowest BCUT2D eigenvalue weighted by atomic mass is 10.1. The van der Waals surface area contributed by atoms with Gasteiger partial charge in [-0.25, -0.2) is 0 Å². The van der Waals surface area contributed by atoms with Crippen molar-refractivity contribution in [2.75, 3.05) is 11.4 Å². The zero-order chi connectivity index (χ0) is 10.5. The maximum Gasteiger partial charge on any atom is 0.0466 e. The van der Waals surface area contributed by atoms with Gasteiger partial charge >= 0.3 is 0 Å². The first-order chi connectivity index (χ1) is 7.42. The second kappa shape index (κ2) is 5.20. The summed E-state index contributed by atoms with van der Waals surface area (Å²) >= 11 is 0. The predicted octanol–water partition coefficient (Wildman–Crippen LogP) is 3.85. The molecule has 1 atom stereocenters. The van der Waals surface area contributed by atoms with E-state index in [4.69, 9.17) is 0 Å². The quantitative estimate of drug-likeness (QED) is 0.501. The standard InChI is InChI=1S/C14H21N/c1-2-3-4-6-11-14-12-15(14)13-9-7-5-8-10-13/h5,7-10,14H,2-4,6,11-12H2,1H3/t14-,15?/m0/s1. The Labute approximate surface area is 93.1 Å². The molecule has 1 aromatic rings. The summed E-state index contributed by atoms with van der Waals surface area (Å²) in [6.07, 6.45) is 6.94. The molecule has 1 heterocycles. The van der Waals surface area contributed by atoms with Crippen molar-refractivity contribution < 1.29 is 0 Å². The summed E-state index contributed by atoms with van der Waals surface area (Å²) in [6.45, 7) is 3.55. The second-order valence-corrected chi connectivity index (χ2v) is 4.49. The molecule has 1 aliphatic rings. The number of hydrogen-bond acceptors (Lipinski definition) is 1. The Morgan fingerprint density at radius 2 is 1.93 bits per heavy atom. The van der Waals surface area contributed by atoms with Crippen molar-refractivity contribution in [3.05, 3.63) is 30.3 Å². The zero-order valence-corrected chi connectivity index (χ0v) is 9.65. The highest BCUT2D eigenvalue weighted by Gasteiger charge is 2.32. The van der Waals surface area contributed by atoms with Crippen molar-refractivity contribution >= 4 is 5.69 Å². The van der Waals surface area contributed by atoms with Gasteiger partial charge in [0.05, 0.1) is 0 Å². The van der Waals surface area contributed by atoms with E-state index in [-0.39, 0.29) is 0 Å². The number of nitrogens with zero attached hydrogens (tertiary/aromatic N) is 1. The first kappa shape index (κ1) is 10.5. The van der Waals surface area contributed by atoms with Gasteiger partial charge in [-0.15, -0.1) is 0 Å². The van der Waals surface area contributed by atoms with Gasteiger partial charge in [-0.05, 0) is 18.6 Å². The normalized spacial score (nSPS) is 19.3. The highest BCUT2D eigenvalue weighted by atomic mass is 15.3. The van der Waals surface area contributed by atoms with E-state index < -0.39 is 0 Å². The number of rotatable bonds is 6. The molecule has 2 rings (SSSR count). The Morgan fingerprint density at radius 1 is 1.13 bits per heavy atom. The zero-order valence-electron chi connectivity index (χ0n) is 9.65.